The van der Waals surface area contributed by atoms with Crippen LogP contribution in [0.1, 0.15) is 39.3 Å². The van der Waals surface area contributed by atoms with E-state index in [0.29, 0.717) is 6.54 Å². The molecule has 0 amide bonds. The van der Waals surface area contributed by atoms with Gasteiger partial charge in [-0.25, -0.2) is 4.68 Å². The average molecular weight is 410 g/mol. The minimum atomic E-state index is 0.0152. The summed E-state index contributed by atoms with van der Waals surface area (Å²) in [6, 6.07) is 11.7. The van der Waals surface area contributed by atoms with Crippen LogP contribution in [0.5, 0.6) is 0 Å². The Morgan fingerprint density at radius 3 is 2.62 bits per heavy atom. The lowest BCUT2D eigenvalue weighted by atomic mass is 9.92. The lowest BCUT2D eigenvalue weighted by molar-refractivity contribution is 0.0815. The predicted molar refractivity (Wildman–Crippen MR) is 117 cm³/mol. The number of benzene rings is 1. The Labute approximate surface area is 175 Å². The summed E-state index contributed by atoms with van der Waals surface area (Å²) in [5.41, 5.74) is 3.76. The summed E-state index contributed by atoms with van der Waals surface area (Å²) in [5.74, 6) is 0.273. The molecule has 0 unspecified atom stereocenters. The number of aryl methyl sites for hydroxylation is 1. The molecular weight excluding hydrogens is 382 g/mol. The van der Waals surface area contributed by atoms with E-state index >= 15 is 0 Å². The van der Waals surface area contributed by atoms with Crippen molar-refractivity contribution in [3.05, 3.63) is 73.8 Å². The minimum Gasteiger partial charge on any atom is -0.298 e. The maximum absolute atomic E-state index is 13.2. The number of hydrogen-bond acceptors (Lipinski definition) is 4. The summed E-state index contributed by atoms with van der Waals surface area (Å²) in [6.45, 7) is 6.23. The first kappa shape index (κ1) is 19.9. The molecule has 1 atom stereocenters. The highest BCUT2D eigenvalue weighted by molar-refractivity contribution is 7.12. The van der Waals surface area contributed by atoms with E-state index in [2.05, 4.69) is 4.90 Å². The minimum absolute atomic E-state index is 0.0152. The topological polar surface area (TPSA) is 47.2 Å². The first-order valence-electron chi connectivity index (χ1n) is 10.1. The molecule has 0 spiro atoms. The van der Waals surface area contributed by atoms with Gasteiger partial charge in [-0.3, -0.25) is 19.2 Å². The second-order valence-corrected chi connectivity index (χ2v) is 8.83. The monoisotopic (exact) mass is 409 g/mol. The van der Waals surface area contributed by atoms with E-state index in [9.17, 15) is 9.59 Å². The molecule has 1 saturated heterocycles. The molecular formula is C23H27N3O2S. The molecule has 1 aromatic carbocycles. The molecule has 29 heavy (non-hydrogen) atoms. The molecule has 3 aromatic rings. The molecule has 3 heterocycles. The number of para-hydroxylation sites is 1. The second kappa shape index (κ2) is 8.13. The molecule has 2 aromatic heterocycles. The Morgan fingerprint density at radius 1 is 1.17 bits per heavy atom. The molecule has 0 radical (unpaired) electrons. The van der Waals surface area contributed by atoms with Gasteiger partial charge in [-0.05, 0) is 62.4 Å². The maximum Gasteiger partial charge on any atom is 0.276 e. The van der Waals surface area contributed by atoms with Crippen LogP contribution < -0.4 is 5.56 Å². The van der Waals surface area contributed by atoms with Gasteiger partial charge in [0.2, 0.25) is 0 Å². The van der Waals surface area contributed by atoms with Crippen molar-refractivity contribution in [1.29, 1.82) is 0 Å². The van der Waals surface area contributed by atoms with Crippen LogP contribution in [-0.2, 0) is 13.6 Å². The van der Waals surface area contributed by atoms with Crippen LogP contribution in [0.25, 0.3) is 5.69 Å². The Balaban J connectivity index is 1.56. The molecule has 1 fully saturated rings. The molecule has 4 rings (SSSR count). The maximum atomic E-state index is 13.2. The number of thiophene rings is 1. The van der Waals surface area contributed by atoms with Crippen LogP contribution in [0.15, 0.2) is 46.6 Å². The fourth-order valence-electron chi connectivity index (χ4n) is 4.25. The summed E-state index contributed by atoms with van der Waals surface area (Å²) in [4.78, 5) is 29.3. The smallest absolute Gasteiger partial charge is 0.276 e. The zero-order valence-corrected chi connectivity index (χ0v) is 18.0. The van der Waals surface area contributed by atoms with E-state index in [1.165, 1.54) is 11.3 Å². The number of Topliss-reactive ketones (excluding diaryl/α,β-unsaturated/α-hetero) is 1. The quantitative estimate of drug-likeness (QED) is 0.600. The van der Waals surface area contributed by atoms with Gasteiger partial charge in [-0.2, -0.15) is 0 Å². The number of rotatable bonds is 5. The van der Waals surface area contributed by atoms with Crippen molar-refractivity contribution in [1.82, 2.24) is 14.3 Å². The van der Waals surface area contributed by atoms with Crippen molar-refractivity contribution in [3.8, 4) is 5.69 Å². The summed E-state index contributed by atoms with van der Waals surface area (Å²) < 4.78 is 3.65. The summed E-state index contributed by atoms with van der Waals surface area (Å²) >= 11 is 1.54. The van der Waals surface area contributed by atoms with Crippen LogP contribution >= 0.6 is 11.3 Å². The highest BCUT2D eigenvalue weighted by atomic mass is 32.1. The zero-order valence-electron chi connectivity index (χ0n) is 17.2. The largest absolute Gasteiger partial charge is 0.298 e. The normalized spacial score (nSPS) is 17.6. The number of nitrogens with zero attached hydrogens (tertiary/aromatic N) is 3. The lowest BCUT2D eigenvalue weighted by Crippen LogP contribution is -2.39. The molecule has 1 aliphatic rings. The van der Waals surface area contributed by atoms with Gasteiger partial charge in [0.25, 0.3) is 5.56 Å². The zero-order chi connectivity index (χ0) is 20.5. The Hall–Kier alpha value is -2.44. The highest BCUT2D eigenvalue weighted by Crippen LogP contribution is 2.26. The van der Waals surface area contributed by atoms with Crippen molar-refractivity contribution in [3.63, 3.8) is 0 Å². The van der Waals surface area contributed by atoms with Gasteiger partial charge in [0.1, 0.15) is 0 Å². The van der Waals surface area contributed by atoms with Gasteiger partial charge < -0.3 is 0 Å². The Kier molecular flexibility index (Phi) is 5.56. The van der Waals surface area contributed by atoms with Gasteiger partial charge in [0.15, 0.2) is 5.78 Å². The van der Waals surface area contributed by atoms with Gasteiger partial charge in [0, 0.05) is 31.7 Å². The standard InChI is InChI=1S/C23H27N3O2S/c1-16-11-13-29-22(16)21(27)18-8-7-12-25(14-18)15-20-17(2)24(3)26(23(20)28)19-9-5-4-6-10-19/h4-6,9-11,13,18H,7-8,12,14-15H2,1-3H3/t18-/m0/s1. The molecule has 0 saturated carbocycles. The van der Waals surface area contributed by atoms with Gasteiger partial charge in [0.05, 0.1) is 16.1 Å². The average Bonchev–Trinajstić information content (AvgIpc) is 3.25. The number of hydrogen-bond donors (Lipinski definition) is 0. The molecule has 0 aliphatic carbocycles. The molecule has 6 heteroatoms. The third-order valence-corrected chi connectivity index (χ3v) is 7.05. The van der Waals surface area contributed by atoms with E-state index in [0.717, 1.165) is 53.3 Å². The van der Waals surface area contributed by atoms with E-state index in [4.69, 9.17) is 0 Å². The van der Waals surface area contributed by atoms with Crippen molar-refractivity contribution in [2.75, 3.05) is 13.1 Å². The van der Waals surface area contributed by atoms with Gasteiger partial charge in [-0.1, -0.05) is 18.2 Å². The van der Waals surface area contributed by atoms with Crippen molar-refractivity contribution < 1.29 is 4.79 Å². The summed E-state index contributed by atoms with van der Waals surface area (Å²) in [6.07, 6.45) is 1.91. The third kappa shape index (κ3) is 3.74. The Bertz CT molecular complexity index is 1080. The van der Waals surface area contributed by atoms with Crippen molar-refractivity contribution >= 4 is 17.1 Å². The number of carbonyl (C=O) groups is 1. The molecule has 0 N–H and O–H groups in total. The fraction of sp³-hybridized carbons (Fsp3) is 0.391. The lowest BCUT2D eigenvalue weighted by Gasteiger charge is -2.31. The fourth-order valence-corrected chi connectivity index (χ4v) is 5.20. The number of likely N-dealkylation sites (tertiary alicyclic amines) is 1. The van der Waals surface area contributed by atoms with Crippen LogP contribution in [0.3, 0.4) is 0 Å². The molecule has 1 aliphatic heterocycles. The first-order chi connectivity index (χ1) is 14.0. The number of aromatic nitrogens is 2. The van der Waals surface area contributed by atoms with E-state index in [1.807, 2.05) is 67.4 Å². The number of piperidine rings is 1. The van der Waals surface area contributed by atoms with Gasteiger partial charge in [-0.15, -0.1) is 11.3 Å². The van der Waals surface area contributed by atoms with Crippen molar-refractivity contribution in [2.24, 2.45) is 13.0 Å². The van der Waals surface area contributed by atoms with Crippen LogP contribution in [0.4, 0.5) is 0 Å². The molecule has 0 bridgehead atoms. The first-order valence-corrected chi connectivity index (χ1v) is 11.0. The second-order valence-electron chi connectivity index (χ2n) is 7.91. The third-order valence-electron chi connectivity index (χ3n) is 6.02. The predicted octanol–water partition coefficient (Wildman–Crippen LogP) is 3.95. The number of carbonyl (C=O) groups excluding carboxylic acids is 1. The van der Waals surface area contributed by atoms with Crippen LogP contribution in [0, 0.1) is 19.8 Å². The number of ketones is 1. The highest BCUT2D eigenvalue weighted by Gasteiger charge is 2.29. The van der Waals surface area contributed by atoms with E-state index < -0.39 is 0 Å². The summed E-state index contributed by atoms with van der Waals surface area (Å²) in [7, 11) is 1.93. The SMILES string of the molecule is Cc1ccsc1C(=O)[C@H]1CCCN(Cc2c(C)n(C)n(-c3ccccc3)c2=O)C1. The van der Waals surface area contributed by atoms with Crippen molar-refractivity contribution in [2.45, 2.75) is 33.2 Å². The Morgan fingerprint density at radius 2 is 1.93 bits per heavy atom. The molecule has 5 nitrogen and oxygen atoms in total. The van der Waals surface area contributed by atoms with Gasteiger partial charge >= 0.3 is 0 Å². The van der Waals surface area contributed by atoms with Crippen LogP contribution in [-0.4, -0.2) is 33.1 Å². The van der Waals surface area contributed by atoms with E-state index in [1.54, 1.807) is 4.68 Å². The molecule has 152 valence electrons. The van der Waals surface area contributed by atoms with E-state index in [-0.39, 0.29) is 17.3 Å². The van der Waals surface area contributed by atoms with Crippen LogP contribution in [0.2, 0.25) is 0 Å². The summed E-state index contributed by atoms with van der Waals surface area (Å²) in [5, 5.41) is 1.99.